The summed E-state index contributed by atoms with van der Waals surface area (Å²) in [5.74, 6) is -0.964. The highest BCUT2D eigenvalue weighted by atomic mass is 35.5. The molecular formula is C24H29ClN4O5. The summed E-state index contributed by atoms with van der Waals surface area (Å²) >= 11 is 5.99. The lowest BCUT2D eigenvalue weighted by Crippen LogP contribution is -2.39. The molecule has 0 heterocycles. The fraction of sp³-hybridized carbons (Fsp3) is 0.333. The van der Waals surface area contributed by atoms with Crippen molar-refractivity contribution in [1.29, 1.82) is 0 Å². The first-order valence-electron chi connectivity index (χ1n) is 10.8. The topological polar surface area (TPSA) is 118 Å². The molecule has 0 atom stereocenters. The van der Waals surface area contributed by atoms with Crippen molar-refractivity contribution in [2.24, 2.45) is 11.0 Å². The van der Waals surface area contributed by atoms with Crippen LogP contribution in [0.2, 0.25) is 5.02 Å². The van der Waals surface area contributed by atoms with Crippen LogP contribution in [0.1, 0.15) is 31.9 Å². The number of amides is 3. The Morgan fingerprint density at radius 3 is 2.53 bits per heavy atom. The Bertz CT molecular complexity index is 1060. The van der Waals surface area contributed by atoms with Crippen LogP contribution in [-0.2, 0) is 14.4 Å². The van der Waals surface area contributed by atoms with E-state index in [1.807, 2.05) is 33.8 Å². The number of hydrazone groups is 1. The van der Waals surface area contributed by atoms with Crippen molar-refractivity contribution in [2.45, 2.75) is 27.7 Å². The molecule has 3 N–H and O–H groups in total. The van der Waals surface area contributed by atoms with Crippen LogP contribution >= 0.6 is 11.6 Å². The van der Waals surface area contributed by atoms with Crippen molar-refractivity contribution in [2.75, 3.05) is 25.1 Å². The highest BCUT2D eigenvalue weighted by Gasteiger charge is 2.13. The van der Waals surface area contributed by atoms with E-state index in [1.54, 1.807) is 30.3 Å². The van der Waals surface area contributed by atoms with Gasteiger partial charge in [0.05, 0.1) is 12.8 Å². The molecule has 0 aliphatic heterocycles. The second-order valence-corrected chi connectivity index (χ2v) is 8.17. The fourth-order valence-corrected chi connectivity index (χ4v) is 2.82. The predicted octanol–water partition coefficient (Wildman–Crippen LogP) is 3.29. The zero-order valence-electron chi connectivity index (χ0n) is 19.6. The normalized spacial score (nSPS) is 10.8. The van der Waals surface area contributed by atoms with Gasteiger partial charge in [-0.05, 0) is 61.2 Å². The first-order chi connectivity index (χ1) is 16.2. The Hall–Kier alpha value is -3.59. The summed E-state index contributed by atoms with van der Waals surface area (Å²) in [5.41, 5.74) is 4.26. The zero-order valence-corrected chi connectivity index (χ0v) is 20.4. The second kappa shape index (κ2) is 13.2. The van der Waals surface area contributed by atoms with Gasteiger partial charge in [-0.3, -0.25) is 14.4 Å². The van der Waals surface area contributed by atoms with Gasteiger partial charge in [0.2, 0.25) is 0 Å². The predicted molar refractivity (Wildman–Crippen MR) is 132 cm³/mol. The summed E-state index contributed by atoms with van der Waals surface area (Å²) in [7, 11) is 0. The molecule has 182 valence electrons. The lowest BCUT2D eigenvalue weighted by Gasteiger charge is -2.13. The van der Waals surface area contributed by atoms with Crippen LogP contribution < -0.4 is 25.5 Å². The van der Waals surface area contributed by atoms with E-state index < -0.39 is 11.8 Å². The molecule has 0 spiro atoms. The summed E-state index contributed by atoms with van der Waals surface area (Å²) in [6, 6.07) is 10.2. The van der Waals surface area contributed by atoms with E-state index in [-0.39, 0.29) is 18.4 Å². The summed E-state index contributed by atoms with van der Waals surface area (Å²) in [6.07, 6.45) is 1.37. The number of aryl methyl sites for hydroxylation is 1. The second-order valence-electron chi connectivity index (χ2n) is 7.74. The number of hydrogen-bond acceptors (Lipinski definition) is 6. The number of halogens is 1. The summed E-state index contributed by atoms with van der Waals surface area (Å²) in [4.78, 5) is 35.8. The van der Waals surface area contributed by atoms with Gasteiger partial charge in [-0.25, -0.2) is 5.43 Å². The van der Waals surface area contributed by atoms with Gasteiger partial charge in [-0.2, -0.15) is 5.10 Å². The number of rotatable bonds is 10. The number of carbonyl (C=O) groups excluding carboxylic acids is 3. The molecule has 0 fully saturated rings. The Labute approximate surface area is 203 Å². The van der Waals surface area contributed by atoms with E-state index in [0.717, 1.165) is 5.56 Å². The SMILES string of the molecule is CCOc1cc(/C=N\NC(=O)C(=O)NCC(C)C)ccc1OCC(=O)Nc1cc(Cl)ccc1C. The molecule has 0 saturated carbocycles. The lowest BCUT2D eigenvalue weighted by atomic mass is 10.2. The van der Waals surface area contributed by atoms with Crippen LogP contribution in [-0.4, -0.2) is 43.7 Å². The van der Waals surface area contributed by atoms with Crippen LogP contribution in [0.5, 0.6) is 11.5 Å². The van der Waals surface area contributed by atoms with Gasteiger partial charge < -0.3 is 20.1 Å². The first kappa shape index (κ1) is 26.7. The molecule has 2 aromatic carbocycles. The van der Waals surface area contributed by atoms with E-state index in [2.05, 4.69) is 21.2 Å². The van der Waals surface area contributed by atoms with Gasteiger partial charge in [0.1, 0.15) is 0 Å². The molecule has 9 nitrogen and oxygen atoms in total. The summed E-state index contributed by atoms with van der Waals surface area (Å²) in [6.45, 7) is 8.05. The monoisotopic (exact) mass is 488 g/mol. The molecule has 34 heavy (non-hydrogen) atoms. The van der Waals surface area contributed by atoms with Crippen molar-refractivity contribution in [3.05, 3.63) is 52.5 Å². The minimum atomic E-state index is -0.858. The molecule has 0 saturated heterocycles. The third kappa shape index (κ3) is 8.74. The van der Waals surface area contributed by atoms with Crippen LogP contribution in [0.4, 0.5) is 5.69 Å². The van der Waals surface area contributed by atoms with Crippen molar-refractivity contribution in [1.82, 2.24) is 10.7 Å². The standard InChI is InChI=1S/C24H29ClN4O5/c1-5-33-21-10-17(13-27-29-24(32)23(31)26-12-15(2)3)7-9-20(21)34-14-22(30)28-19-11-18(25)8-6-16(19)4/h6-11,13,15H,5,12,14H2,1-4H3,(H,26,31)(H,28,30)(H,29,32)/b27-13-. The van der Waals surface area contributed by atoms with Crippen molar-refractivity contribution < 1.29 is 23.9 Å². The van der Waals surface area contributed by atoms with E-state index in [9.17, 15) is 14.4 Å². The summed E-state index contributed by atoms with van der Waals surface area (Å²) in [5, 5.41) is 9.59. The van der Waals surface area contributed by atoms with E-state index in [1.165, 1.54) is 6.21 Å². The number of ether oxygens (including phenoxy) is 2. The zero-order chi connectivity index (χ0) is 25.1. The lowest BCUT2D eigenvalue weighted by molar-refractivity contribution is -0.139. The maximum Gasteiger partial charge on any atom is 0.329 e. The molecule has 0 radical (unpaired) electrons. The van der Waals surface area contributed by atoms with Crippen LogP contribution in [0.3, 0.4) is 0 Å². The Morgan fingerprint density at radius 1 is 1.06 bits per heavy atom. The fourth-order valence-electron chi connectivity index (χ4n) is 2.64. The number of nitrogens with zero attached hydrogens (tertiary/aromatic N) is 1. The van der Waals surface area contributed by atoms with E-state index in [4.69, 9.17) is 21.1 Å². The molecule has 0 unspecified atom stereocenters. The van der Waals surface area contributed by atoms with E-state index >= 15 is 0 Å². The van der Waals surface area contributed by atoms with Crippen molar-refractivity contribution in [3.63, 3.8) is 0 Å². The molecule has 3 amide bonds. The molecule has 0 aliphatic carbocycles. The molecular weight excluding hydrogens is 460 g/mol. The molecule has 10 heteroatoms. The third-order valence-electron chi connectivity index (χ3n) is 4.36. The summed E-state index contributed by atoms with van der Waals surface area (Å²) < 4.78 is 11.2. The minimum absolute atomic E-state index is 0.227. The minimum Gasteiger partial charge on any atom is -0.490 e. The molecule has 0 aliphatic rings. The van der Waals surface area contributed by atoms with Gasteiger partial charge in [-0.15, -0.1) is 0 Å². The number of hydrogen-bond donors (Lipinski definition) is 3. The van der Waals surface area contributed by atoms with Gasteiger partial charge >= 0.3 is 11.8 Å². The number of nitrogens with one attached hydrogen (secondary N) is 3. The van der Waals surface area contributed by atoms with Crippen molar-refractivity contribution in [3.8, 4) is 11.5 Å². The Kier molecular flexibility index (Phi) is 10.3. The van der Waals surface area contributed by atoms with Crippen LogP contribution in [0, 0.1) is 12.8 Å². The number of benzene rings is 2. The maximum absolute atomic E-state index is 12.3. The highest BCUT2D eigenvalue weighted by molar-refractivity contribution is 6.35. The van der Waals surface area contributed by atoms with Gasteiger partial charge in [0.25, 0.3) is 5.91 Å². The van der Waals surface area contributed by atoms with Crippen LogP contribution in [0.15, 0.2) is 41.5 Å². The van der Waals surface area contributed by atoms with Gasteiger partial charge in [0, 0.05) is 17.3 Å². The van der Waals surface area contributed by atoms with Crippen molar-refractivity contribution >= 4 is 41.2 Å². The highest BCUT2D eigenvalue weighted by Crippen LogP contribution is 2.28. The first-order valence-corrected chi connectivity index (χ1v) is 11.1. The Balaban J connectivity index is 1.97. The Morgan fingerprint density at radius 2 is 1.82 bits per heavy atom. The number of anilines is 1. The molecule has 0 bridgehead atoms. The quantitative estimate of drug-likeness (QED) is 0.269. The van der Waals surface area contributed by atoms with E-state index in [0.29, 0.717) is 40.9 Å². The maximum atomic E-state index is 12.3. The third-order valence-corrected chi connectivity index (χ3v) is 4.59. The molecule has 2 rings (SSSR count). The van der Waals surface area contributed by atoms with Crippen LogP contribution in [0.25, 0.3) is 0 Å². The largest absolute Gasteiger partial charge is 0.490 e. The average molecular weight is 489 g/mol. The molecule has 0 aromatic heterocycles. The molecule has 2 aromatic rings. The van der Waals surface area contributed by atoms with Gasteiger partial charge in [0.15, 0.2) is 18.1 Å². The number of carbonyl (C=O) groups is 3. The smallest absolute Gasteiger partial charge is 0.329 e. The average Bonchev–Trinajstić information content (AvgIpc) is 2.79. The van der Waals surface area contributed by atoms with Gasteiger partial charge in [-0.1, -0.05) is 31.5 Å².